The van der Waals surface area contributed by atoms with E-state index < -0.39 is 17.2 Å². The summed E-state index contributed by atoms with van der Waals surface area (Å²) in [5, 5.41) is 13.0. The maximum atomic E-state index is 13.1. The van der Waals surface area contributed by atoms with Crippen LogP contribution in [0.4, 0.5) is 8.78 Å². The molecule has 0 radical (unpaired) electrons. The van der Waals surface area contributed by atoms with Crippen molar-refractivity contribution in [2.75, 3.05) is 6.54 Å². The van der Waals surface area contributed by atoms with E-state index in [1.807, 2.05) is 6.07 Å². The van der Waals surface area contributed by atoms with Gasteiger partial charge in [-0.1, -0.05) is 36.4 Å². The standard InChI is InChI=1S/C17H17F2NO2/c1-17(22,13-5-3-2-4-6-13)11-20-16(21)10-12-7-8-14(18)15(19)9-12/h2-9,22H,10-11H2,1H3,(H,20,21). The third kappa shape index (κ3) is 4.11. The van der Waals surface area contributed by atoms with Crippen LogP contribution in [0, 0.1) is 11.6 Å². The molecule has 1 amide bonds. The predicted octanol–water partition coefficient (Wildman–Crippen LogP) is 2.53. The first-order valence-electron chi connectivity index (χ1n) is 6.87. The van der Waals surface area contributed by atoms with E-state index in [1.54, 1.807) is 31.2 Å². The number of nitrogens with one attached hydrogen (secondary N) is 1. The molecule has 5 heteroatoms. The fourth-order valence-electron chi connectivity index (χ4n) is 2.07. The molecule has 116 valence electrons. The summed E-state index contributed by atoms with van der Waals surface area (Å²) in [6, 6.07) is 12.3. The van der Waals surface area contributed by atoms with Crippen molar-refractivity contribution in [3.05, 3.63) is 71.3 Å². The van der Waals surface area contributed by atoms with E-state index in [-0.39, 0.29) is 18.9 Å². The smallest absolute Gasteiger partial charge is 0.224 e. The molecule has 22 heavy (non-hydrogen) atoms. The van der Waals surface area contributed by atoms with Gasteiger partial charge in [-0.2, -0.15) is 0 Å². The van der Waals surface area contributed by atoms with Gasteiger partial charge in [-0.25, -0.2) is 8.78 Å². The number of hydrogen-bond acceptors (Lipinski definition) is 2. The van der Waals surface area contributed by atoms with Gasteiger partial charge in [-0.05, 0) is 30.2 Å². The van der Waals surface area contributed by atoms with Crippen molar-refractivity contribution < 1.29 is 18.7 Å². The summed E-state index contributed by atoms with van der Waals surface area (Å²) < 4.78 is 25.9. The number of carbonyl (C=O) groups is 1. The fourth-order valence-corrected chi connectivity index (χ4v) is 2.07. The Morgan fingerprint density at radius 1 is 1.14 bits per heavy atom. The molecule has 1 atom stereocenters. The average Bonchev–Trinajstić information content (AvgIpc) is 2.50. The predicted molar refractivity (Wildman–Crippen MR) is 79.1 cm³/mol. The van der Waals surface area contributed by atoms with E-state index >= 15 is 0 Å². The van der Waals surface area contributed by atoms with Gasteiger partial charge < -0.3 is 10.4 Å². The van der Waals surface area contributed by atoms with Crippen LogP contribution in [-0.4, -0.2) is 17.6 Å². The number of rotatable bonds is 5. The van der Waals surface area contributed by atoms with Crippen LogP contribution in [0.15, 0.2) is 48.5 Å². The highest BCUT2D eigenvalue weighted by molar-refractivity contribution is 5.78. The second kappa shape index (κ2) is 6.66. The first kappa shape index (κ1) is 16.1. The topological polar surface area (TPSA) is 49.3 Å². The maximum absolute atomic E-state index is 13.1. The summed E-state index contributed by atoms with van der Waals surface area (Å²) in [6.07, 6.45) is -0.0813. The minimum Gasteiger partial charge on any atom is -0.384 e. The lowest BCUT2D eigenvalue weighted by molar-refractivity contribution is -0.121. The van der Waals surface area contributed by atoms with Crippen LogP contribution in [0.25, 0.3) is 0 Å². The Morgan fingerprint density at radius 3 is 2.45 bits per heavy atom. The Bertz CT molecular complexity index is 657. The molecular weight excluding hydrogens is 288 g/mol. The number of aliphatic hydroxyl groups is 1. The second-order valence-electron chi connectivity index (χ2n) is 5.34. The number of amides is 1. The Morgan fingerprint density at radius 2 is 1.82 bits per heavy atom. The quantitative estimate of drug-likeness (QED) is 0.892. The molecule has 0 spiro atoms. The molecule has 1 unspecified atom stereocenters. The zero-order valence-electron chi connectivity index (χ0n) is 12.1. The summed E-state index contributed by atoms with van der Waals surface area (Å²) in [5.41, 5.74) is -0.149. The van der Waals surface area contributed by atoms with Gasteiger partial charge in [0, 0.05) is 0 Å². The third-order valence-electron chi connectivity index (χ3n) is 3.37. The molecule has 0 saturated heterocycles. The highest BCUT2D eigenvalue weighted by Crippen LogP contribution is 2.19. The van der Waals surface area contributed by atoms with Crippen molar-refractivity contribution in [1.29, 1.82) is 0 Å². The summed E-state index contributed by atoms with van der Waals surface area (Å²) in [4.78, 5) is 11.8. The normalized spacial score (nSPS) is 13.5. The molecule has 3 nitrogen and oxygen atoms in total. The van der Waals surface area contributed by atoms with Crippen molar-refractivity contribution >= 4 is 5.91 Å². The van der Waals surface area contributed by atoms with Crippen molar-refractivity contribution in [3.8, 4) is 0 Å². The van der Waals surface area contributed by atoms with E-state index in [9.17, 15) is 18.7 Å². The van der Waals surface area contributed by atoms with Gasteiger partial charge in [0.15, 0.2) is 11.6 Å². The lowest BCUT2D eigenvalue weighted by Gasteiger charge is -2.24. The lowest BCUT2D eigenvalue weighted by atomic mass is 9.96. The summed E-state index contributed by atoms with van der Waals surface area (Å²) in [5.74, 6) is -2.31. The Hall–Kier alpha value is -2.27. The Balaban J connectivity index is 1.93. The van der Waals surface area contributed by atoms with E-state index in [4.69, 9.17) is 0 Å². The SMILES string of the molecule is CC(O)(CNC(=O)Cc1ccc(F)c(F)c1)c1ccccc1. The van der Waals surface area contributed by atoms with Gasteiger partial charge >= 0.3 is 0 Å². The number of hydrogen-bond donors (Lipinski definition) is 2. The number of benzene rings is 2. The van der Waals surface area contributed by atoms with Crippen LogP contribution < -0.4 is 5.32 Å². The number of halogens is 2. The lowest BCUT2D eigenvalue weighted by Crippen LogP contribution is -2.39. The minimum absolute atomic E-state index is 0.0273. The van der Waals surface area contributed by atoms with Crippen molar-refractivity contribution in [2.45, 2.75) is 18.9 Å². The van der Waals surface area contributed by atoms with Gasteiger partial charge in [0.05, 0.1) is 13.0 Å². The molecule has 0 saturated carbocycles. The first-order chi connectivity index (χ1) is 10.4. The molecule has 2 aromatic carbocycles. The van der Waals surface area contributed by atoms with Crippen LogP contribution in [0.1, 0.15) is 18.1 Å². The molecule has 0 aliphatic carbocycles. The molecule has 2 rings (SSSR count). The Kier molecular flexibility index (Phi) is 4.88. The average molecular weight is 305 g/mol. The zero-order chi connectivity index (χ0) is 16.2. The first-order valence-corrected chi connectivity index (χ1v) is 6.87. The molecule has 2 N–H and O–H groups in total. The van der Waals surface area contributed by atoms with Crippen LogP contribution in [-0.2, 0) is 16.8 Å². The van der Waals surface area contributed by atoms with E-state index in [2.05, 4.69) is 5.32 Å². The highest BCUT2D eigenvalue weighted by atomic mass is 19.2. The van der Waals surface area contributed by atoms with Gasteiger partial charge in [0.1, 0.15) is 5.60 Å². The third-order valence-corrected chi connectivity index (χ3v) is 3.37. The second-order valence-corrected chi connectivity index (χ2v) is 5.34. The van der Waals surface area contributed by atoms with Gasteiger partial charge in [-0.3, -0.25) is 4.79 Å². The maximum Gasteiger partial charge on any atom is 0.224 e. The molecular formula is C17H17F2NO2. The van der Waals surface area contributed by atoms with Crippen LogP contribution in [0.2, 0.25) is 0 Å². The van der Waals surface area contributed by atoms with Gasteiger partial charge in [0.25, 0.3) is 0 Å². The molecule has 0 aliphatic rings. The highest BCUT2D eigenvalue weighted by Gasteiger charge is 2.23. The minimum atomic E-state index is -1.20. The van der Waals surface area contributed by atoms with Crippen LogP contribution >= 0.6 is 0 Å². The van der Waals surface area contributed by atoms with E-state index in [0.717, 1.165) is 12.1 Å². The van der Waals surface area contributed by atoms with Gasteiger partial charge in [-0.15, -0.1) is 0 Å². The molecule has 0 aliphatic heterocycles. The molecule has 2 aromatic rings. The largest absolute Gasteiger partial charge is 0.384 e. The zero-order valence-corrected chi connectivity index (χ0v) is 12.1. The van der Waals surface area contributed by atoms with Crippen LogP contribution in [0.3, 0.4) is 0 Å². The Labute approximate surface area is 127 Å². The molecule has 0 fully saturated rings. The summed E-state index contributed by atoms with van der Waals surface area (Å²) in [6.45, 7) is 1.62. The van der Waals surface area contributed by atoms with Crippen LogP contribution in [0.5, 0.6) is 0 Å². The number of carbonyl (C=O) groups excluding carboxylic acids is 1. The monoisotopic (exact) mass is 305 g/mol. The fraction of sp³-hybridized carbons (Fsp3) is 0.235. The van der Waals surface area contributed by atoms with Crippen molar-refractivity contribution in [3.63, 3.8) is 0 Å². The summed E-state index contributed by atoms with van der Waals surface area (Å²) >= 11 is 0. The van der Waals surface area contributed by atoms with Crippen molar-refractivity contribution in [1.82, 2.24) is 5.32 Å². The molecule has 0 aromatic heterocycles. The molecule has 0 bridgehead atoms. The molecule has 0 heterocycles. The summed E-state index contributed by atoms with van der Waals surface area (Å²) in [7, 11) is 0. The van der Waals surface area contributed by atoms with E-state index in [1.165, 1.54) is 6.07 Å². The van der Waals surface area contributed by atoms with Gasteiger partial charge in [0.2, 0.25) is 5.91 Å². The van der Waals surface area contributed by atoms with Crippen molar-refractivity contribution in [2.24, 2.45) is 0 Å². The van der Waals surface area contributed by atoms with E-state index in [0.29, 0.717) is 11.1 Å².